The van der Waals surface area contributed by atoms with Gasteiger partial charge >= 0.3 is 0 Å². The standard InChI is InChI=1S/C18H25N5O2/c1-13(2)25-15-7-5-14(6-8-15)21-18-20-10-9-16(22-18)17(24)19-11-12-23(3)4/h5-10,13H,11-12H2,1-4H3,(H,19,24)(H,20,21,22). The Morgan fingerprint density at radius 3 is 2.56 bits per heavy atom. The van der Waals surface area contributed by atoms with Gasteiger partial charge in [-0.15, -0.1) is 0 Å². The highest BCUT2D eigenvalue weighted by atomic mass is 16.5. The van der Waals surface area contributed by atoms with E-state index in [1.54, 1.807) is 12.3 Å². The zero-order valence-corrected chi connectivity index (χ0v) is 15.1. The van der Waals surface area contributed by atoms with Crippen molar-refractivity contribution in [2.24, 2.45) is 0 Å². The van der Waals surface area contributed by atoms with Crippen molar-refractivity contribution in [3.05, 3.63) is 42.2 Å². The molecule has 1 heterocycles. The van der Waals surface area contributed by atoms with Crippen molar-refractivity contribution in [3.8, 4) is 5.75 Å². The van der Waals surface area contributed by atoms with Crippen LogP contribution in [0, 0.1) is 0 Å². The third-order valence-corrected chi connectivity index (χ3v) is 3.22. The van der Waals surface area contributed by atoms with Gasteiger partial charge < -0.3 is 20.3 Å². The quantitative estimate of drug-likeness (QED) is 0.766. The van der Waals surface area contributed by atoms with Gasteiger partial charge in [0, 0.05) is 25.0 Å². The number of aromatic nitrogens is 2. The van der Waals surface area contributed by atoms with Gasteiger partial charge in [-0.2, -0.15) is 0 Å². The van der Waals surface area contributed by atoms with Crippen LogP contribution in [0.25, 0.3) is 0 Å². The number of nitrogens with zero attached hydrogens (tertiary/aromatic N) is 3. The largest absolute Gasteiger partial charge is 0.491 e. The molecule has 2 rings (SSSR count). The molecule has 7 nitrogen and oxygen atoms in total. The van der Waals surface area contributed by atoms with Crippen LogP contribution in [-0.2, 0) is 0 Å². The number of carbonyl (C=O) groups excluding carboxylic acids is 1. The Morgan fingerprint density at radius 1 is 1.20 bits per heavy atom. The topological polar surface area (TPSA) is 79.4 Å². The number of amides is 1. The number of carbonyl (C=O) groups is 1. The van der Waals surface area contributed by atoms with Crippen molar-refractivity contribution in [3.63, 3.8) is 0 Å². The molecule has 0 radical (unpaired) electrons. The molecule has 0 aliphatic carbocycles. The highest BCUT2D eigenvalue weighted by Crippen LogP contribution is 2.19. The van der Waals surface area contributed by atoms with Crippen LogP contribution in [0.2, 0.25) is 0 Å². The van der Waals surface area contributed by atoms with E-state index in [2.05, 4.69) is 20.6 Å². The molecule has 1 aromatic heterocycles. The summed E-state index contributed by atoms with van der Waals surface area (Å²) in [6, 6.07) is 9.10. The third-order valence-electron chi connectivity index (χ3n) is 3.22. The number of hydrogen-bond donors (Lipinski definition) is 2. The van der Waals surface area contributed by atoms with Gasteiger partial charge in [-0.3, -0.25) is 4.79 Å². The maximum atomic E-state index is 12.1. The second-order valence-electron chi connectivity index (χ2n) is 6.14. The SMILES string of the molecule is CC(C)Oc1ccc(Nc2nccc(C(=O)NCCN(C)C)n2)cc1. The third kappa shape index (κ3) is 6.39. The predicted octanol–water partition coefficient (Wildman–Crippen LogP) is 2.30. The molecule has 2 aromatic rings. The molecule has 1 amide bonds. The second-order valence-corrected chi connectivity index (χ2v) is 6.14. The second kappa shape index (κ2) is 8.98. The molecule has 0 aliphatic heterocycles. The van der Waals surface area contributed by atoms with Crippen molar-refractivity contribution >= 4 is 17.5 Å². The summed E-state index contributed by atoms with van der Waals surface area (Å²) in [6.07, 6.45) is 1.69. The molecule has 0 aliphatic rings. The molecule has 2 N–H and O–H groups in total. The van der Waals surface area contributed by atoms with Crippen molar-refractivity contribution in [2.75, 3.05) is 32.5 Å². The summed E-state index contributed by atoms with van der Waals surface area (Å²) in [5.41, 5.74) is 1.15. The Bertz CT molecular complexity index is 686. The van der Waals surface area contributed by atoms with E-state index in [0.29, 0.717) is 18.2 Å². The minimum Gasteiger partial charge on any atom is -0.491 e. The summed E-state index contributed by atoms with van der Waals surface area (Å²) in [5.74, 6) is 0.959. The Morgan fingerprint density at radius 2 is 1.92 bits per heavy atom. The van der Waals surface area contributed by atoms with E-state index in [-0.39, 0.29) is 12.0 Å². The predicted molar refractivity (Wildman–Crippen MR) is 98.4 cm³/mol. The average molecular weight is 343 g/mol. The summed E-state index contributed by atoms with van der Waals surface area (Å²) in [6.45, 7) is 5.30. The van der Waals surface area contributed by atoms with E-state index in [0.717, 1.165) is 18.0 Å². The van der Waals surface area contributed by atoms with E-state index < -0.39 is 0 Å². The lowest BCUT2D eigenvalue weighted by Gasteiger charge is -2.11. The van der Waals surface area contributed by atoms with Gasteiger partial charge in [0.1, 0.15) is 11.4 Å². The maximum absolute atomic E-state index is 12.1. The van der Waals surface area contributed by atoms with Crippen molar-refractivity contribution in [1.29, 1.82) is 0 Å². The first kappa shape index (κ1) is 18.7. The fourth-order valence-corrected chi connectivity index (χ4v) is 2.05. The van der Waals surface area contributed by atoms with E-state index in [9.17, 15) is 4.79 Å². The number of nitrogens with one attached hydrogen (secondary N) is 2. The number of likely N-dealkylation sites (N-methyl/N-ethyl adjacent to an activating group) is 1. The van der Waals surface area contributed by atoms with Crippen molar-refractivity contribution < 1.29 is 9.53 Å². The fraction of sp³-hybridized carbons (Fsp3) is 0.389. The van der Waals surface area contributed by atoms with Crippen LogP contribution < -0.4 is 15.4 Å². The van der Waals surface area contributed by atoms with Gasteiger partial charge in [-0.05, 0) is 58.3 Å². The summed E-state index contributed by atoms with van der Waals surface area (Å²) in [5, 5.41) is 5.92. The summed E-state index contributed by atoms with van der Waals surface area (Å²) < 4.78 is 5.61. The van der Waals surface area contributed by atoms with Crippen LogP contribution in [0.3, 0.4) is 0 Å². The molecule has 0 spiro atoms. The molecule has 0 saturated carbocycles. The normalized spacial score (nSPS) is 10.8. The Hall–Kier alpha value is -2.67. The number of anilines is 2. The zero-order valence-electron chi connectivity index (χ0n) is 15.1. The smallest absolute Gasteiger partial charge is 0.270 e. The van der Waals surface area contributed by atoms with Gasteiger partial charge in [0.25, 0.3) is 5.91 Å². The summed E-state index contributed by atoms with van der Waals surface area (Å²) in [4.78, 5) is 22.5. The van der Waals surface area contributed by atoms with Gasteiger partial charge in [-0.25, -0.2) is 9.97 Å². The number of hydrogen-bond acceptors (Lipinski definition) is 6. The molecule has 25 heavy (non-hydrogen) atoms. The van der Waals surface area contributed by atoms with Crippen molar-refractivity contribution in [2.45, 2.75) is 20.0 Å². The molecule has 7 heteroatoms. The monoisotopic (exact) mass is 343 g/mol. The molecule has 0 atom stereocenters. The molecule has 1 aromatic carbocycles. The Balaban J connectivity index is 1.97. The minimum atomic E-state index is -0.215. The highest BCUT2D eigenvalue weighted by molar-refractivity contribution is 5.92. The Kier molecular flexibility index (Phi) is 6.71. The first-order chi connectivity index (χ1) is 11.9. The molecule has 0 fully saturated rings. The maximum Gasteiger partial charge on any atom is 0.270 e. The van der Waals surface area contributed by atoms with E-state index in [1.165, 1.54) is 0 Å². The van der Waals surface area contributed by atoms with Crippen LogP contribution in [0.15, 0.2) is 36.5 Å². The van der Waals surface area contributed by atoms with E-state index >= 15 is 0 Å². The van der Waals surface area contributed by atoms with E-state index in [4.69, 9.17) is 4.74 Å². The summed E-state index contributed by atoms with van der Waals surface area (Å²) in [7, 11) is 3.91. The number of ether oxygens (including phenoxy) is 1. The Labute approximate surface area is 148 Å². The lowest BCUT2D eigenvalue weighted by atomic mass is 10.3. The van der Waals surface area contributed by atoms with Crippen LogP contribution in [0.1, 0.15) is 24.3 Å². The number of benzene rings is 1. The summed E-state index contributed by atoms with van der Waals surface area (Å²) >= 11 is 0. The molecular formula is C18H25N5O2. The lowest BCUT2D eigenvalue weighted by molar-refractivity contribution is 0.0946. The van der Waals surface area contributed by atoms with Gasteiger partial charge in [0.2, 0.25) is 5.95 Å². The van der Waals surface area contributed by atoms with Gasteiger partial charge in [-0.1, -0.05) is 0 Å². The van der Waals surface area contributed by atoms with Crippen molar-refractivity contribution in [1.82, 2.24) is 20.2 Å². The lowest BCUT2D eigenvalue weighted by Crippen LogP contribution is -2.31. The van der Waals surface area contributed by atoms with Crippen LogP contribution in [0.5, 0.6) is 5.75 Å². The van der Waals surface area contributed by atoms with E-state index in [1.807, 2.05) is 57.1 Å². The first-order valence-electron chi connectivity index (χ1n) is 8.24. The van der Waals surface area contributed by atoms with Crippen LogP contribution in [-0.4, -0.2) is 54.1 Å². The zero-order chi connectivity index (χ0) is 18.2. The molecule has 134 valence electrons. The van der Waals surface area contributed by atoms with Crippen LogP contribution in [0.4, 0.5) is 11.6 Å². The fourth-order valence-electron chi connectivity index (χ4n) is 2.05. The average Bonchev–Trinajstić information content (AvgIpc) is 2.56. The molecule has 0 saturated heterocycles. The molecule has 0 bridgehead atoms. The molecule has 0 unspecified atom stereocenters. The highest BCUT2D eigenvalue weighted by Gasteiger charge is 2.09. The number of rotatable bonds is 8. The molecular weight excluding hydrogens is 318 g/mol. The van der Waals surface area contributed by atoms with Crippen LogP contribution >= 0.6 is 0 Å². The first-order valence-corrected chi connectivity index (χ1v) is 8.24. The van der Waals surface area contributed by atoms with Gasteiger partial charge in [0.15, 0.2) is 0 Å². The van der Waals surface area contributed by atoms with Gasteiger partial charge in [0.05, 0.1) is 6.10 Å². The minimum absolute atomic E-state index is 0.129.